The lowest BCUT2D eigenvalue weighted by Crippen LogP contribution is -2.34. The van der Waals surface area contributed by atoms with E-state index >= 15 is 0 Å². The van der Waals surface area contributed by atoms with Gasteiger partial charge in [-0.1, -0.05) is 0 Å². The molecule has 6 nitrogen and oxygen atoms in total. The highest BCUT2D eigenvalue weighted by Gasteiger charge is 2.50. The molecule has 0 aliphatic heterocycles. The van der Waals surface area contributed by atoms with Crippen molar-refractivity contribution in [1.82, 2.24) is 5.32 Å². The zero-order chi connectivity index (χ0) is 18.1. The maximum absolute atomic E-state index is 12.9. The number of anilines is 1. The molecule has 1 aliphatic carbocycles. The normalized spacial score (nSPS) is 15.5. The second kappa shape index (κ2) is 6.14. The predicted molar refractivity (Wildman–Crippen MR) is 77.4 cm³/mol. The van der Waals surface area contributed by atoms with Crippen molar-refractivity contribution in [1.29, 1.82) is 0 Å². The molecular weight excluding hydrogens is 329 g/mol. The molecule has 1 saturated carbocycles. The van der Waals surface area contributed by atoms with Gasteiger partial charge in [-0.2, -0.15) is 13.2 Å². The summed E-state index contributed by atoms with van der Waals surface area (Å²) in [7, 11) is 0. The number of nitrogens with one attached hydrogen (secondary N) is 2. The molecule has 0 spiro atoms. The molecule has 2 amide bonds. The zero-order valence-electron chi connectivity index (χ0n) is 12.7. The third-order valence-electron chi connectivity index (χ3n) is 3.74. The lowest BCUT2D eigenvalue weighted by Gasteiger charge is -2.14. The second-order valence-corrected chi connectivity index (χ2v) is 5.75. The smallest absolute Gasteiger partial charge is 0.416 e. The van der Waals surface area contributed by atoms with Crippen LogP contribution < -0.4 is 10.6 Å². The van der Waals surface area contributed by atoms with Gasteiger partial charge >= 0.3 is 12.1 Å². The fraction of sp³-hybridized carbons (Fsp3) is 0.400. The van der Waals surface area contributed by atoms with E-state index in [-0.39, 0.29) is 17.8 Å². The molecule has 9 heteroatoms. The Labute approximate surface area is 135 Å². The van der Waals surface area contributed by atoms with Crippen LogP contribution in [0.25, 0.3) is 0 Å². The number of rotatable bonds is 5. The molecule has 1 fully saturated rings. The van der Waals surface area contributed by atoms with Crippen molar-refractivity contribution in [3.8, 4) is 0 Å². The largest absolute Gasteiger partial charge is 0.481 e. The topological polar surface area (TPSA) is 95.5 Å². The molecule has 1 aromatic rings. The van der Waals surface area contributed by atoms with Gasteiger partial charge in [0, 0.05) is 24.7 Å². The zero-order valence-corrected chi connectivity index (χ0v) is 12.7. The van der Waals surface area contributed by atoms with Crippen LogP contribution in [0.5, 0.6) is 0 Å². The van der Waals surface area contributed by atoms with Gasteiger partial charge < -0.3 is 15.7 Å². The molecule has 2 rings (SSSR count). The van der Waals surface area contributed by atoms with E-state index in [4.69, 9.17) is 5.11 Å². The Morgan fingerprint density at radius 3 is 2.29 bits per heavy atom. The molecule has 0 atom stereocenters. The van der Waals surface area contributed by atoms with E-state index in [0.29, 0.717) is 18.9 Å². The lowest BCUT2D eigenvalue weighted by molar-refractivity contribution is -0.143. The van der Waals surface area contributed by atoms with E-state index in [2.05, 4.69) is 10.6 Å². The summed E-state index contributed by atoms with van der Waals surface area (Å²) in [5.74, 6) is -2.46. The number of carboxylic acids is 1. The van der Waals surface area contributed by atoms with Crippen LogP contribution >= 0.6 is 0 Å². The Balaban J connectivity index is 2.22. The van der Waals surface area contributed by atoms with Gasteiger partial charge in [-0.25, -0.2) is 0 Å². The van der Waals surface area contributed by atoms with Crippen molar-refractivity contribution >= 4 is 23.5 Å². The molecule has 0 aromatic heterocycles. The number of carbonyl (C=O) groups is 3. The quantitative estimate of drug-likeness (QED) is 0.763. The third-order valence-corrected chi connectivity index (χ3v) is 3.74. The fourth-order valence-corrected chi connectivity index (χ4v) is 2.17. The summed E-state index contributed by atoms with van der Waals surface area (Å²) in [6.07, 6.45) is -3.88. The van der Waals surface area contributed by atoms with E-state index in [0.717, 1.165) is 19.1 Å². The van der Waals surface area contributed by atoms with E-state index in [1.165, 1.54) is 0 Å². The lowest BCUT2D eigenvalue weighted by atomic mass is 10.1. The van der Waals surface area contributed by atoms with Crippen molar-refractivity contribution in [3.05, 3.63) is 29.3 Å². The fourth-order valence-electron chi connectivity index (χ4n) is 2.17. The van der Waals surface area contributed by atoms with Gasteiger partial charge in [0.1, 0.15) is 0 Å². The Kier molecular flexibility index (Phi) is 4.54. The second-order valence-electron chi connectivity index (χ2n) is 5.75. The molecule has 0 saturated heterocycles. The van der Waals surface area contributed by atoms with Crippen LogP contribution in [0, 0.1) is 5.41 Å². The van der Waals surface area contributed by atoms with Crippen molar-refractivity contribution in [2.45, 2.75) is 25.9 Å². The van der Waals surface area contributed by atoms with Gasteiger partial charge in [-0.3, -0.25) is 14.4 Å². The van der Waals surface area contributed by atoms with Gasteiger partial charge in [0.15, 0.2) is 0 Å². The first-order chi connectivity index (χ1) is 11.0. The molecule has 3 N–H and O–H groups in total. The summed E-state index contributed by atoms with van der Waals surface area (Å²) in [5.41, 5.74) is -2.59. The number of benzene rings is 1. The van der Waals surface area contributed by atoms with Gasteiger partial charge in [0.05, 0.1) is 11.0 Å². The van der Waals surface area contributed by atoms with Crippen molar-refractivity contribution in [3.63, 3.8) is 0 Å². The first-order valence-corrected chi connectivity index (χ1v) is 7.05. The highest BCUT2D eigenvalue weighted by molar-refractivity contribution is 5.97. The Morgan fingerprint density at radius 1 is 1.21 bits per heavy atom. The average Bonchev–Trinajstić information content (AvgIpc) is 3.24. The van der Waals surface area contributed by atoms with Gasteiger partial charge in [0.2, 0.25) is 5.91 Å². The molecule has 0 bridgehead atoms. The summed E-state index contributed by atoms with van der Waals surface area (Å²) in [5, 5.41) is 13.6. The monoisotopic (exact) mass is 344 g/mol. The van der Waals surface area contributed by atoms with Crippen LogP contribution in [0.15, 0.2) is 18.2 Å². The van der Waals surface area contributed by atoms with Crippen molar-refractivity contribution in [2.75, 3.05) is 11.9 Å². The molecule has 1 aliphatic rings. The number of halogens is 3. The highest BCUT2D eigenvalue weighted by Crippen LogP contribution is 2.45. The highest BCUT2D eigenvalue weighted by atomic mass is 19.4. The van der Waals surface area contributed by atoms with E-state index < -0.39 is 34.9 Å². The molecule has 0 unspecified atom stereocenters. The average molecular weight is 344 g/mol. The molecular formula is C15H15F3N2O4. The minimum absolute atomic E-state index is 0.160. The van der Waals surface area contributed by atoms with Crippen LogP contribution in [0.1, 0.15) is 35.7 Å². The summed E-state index contributed by atoms with van der Waals surface area (Å²) in [6.45, 7) is 0.969. The Hall–Kier alpha value is -2.58. The molecule has 0 radical (unpaired) electrons. The molecule has 24 heavy (non-hydrogen) atoms. The Morgan fingerprint density at radius 2 is 1.83 bits per heavy atom. The number of carboxylic acid groups (broad SMARTS) is 1. The SMILES string of the molecule is CC(=O)Nc1cc(C(=O)NCC2(C(=O)O)CC2)cc(C(F)(F)F)c1. The van der Waals surface area contributed by atoms with Crippen LogP contribution in [0.2, 0.25) is 0 Å². The number of alkyl halides is 3. The van der Waals surface area contributed by atoms with Crippen LogP contribution in [0.4, 0.5) is 18.9 Å². The minimum Gasteiger partial charge on any atom is -0.481 e. The van der Waals surface area contributed by atoms with Crippen molar-refractivity contribution < 1.29 is 32.7 Å². The summed E-state index contributed by atoms with van der Waals surface area (Å²) < 4.78 is 38.8. The molecule has 0 heterocycles. The van der Waals surface area contributed by atoms with Crippen LogP contribution in [-0.4, -0.2) is 29.4 Å². The molecule has 1 aromatic carbocycles. The maximum Gasteiger partial charge on any atom is 0.416 e. The van der Waals surface area contributed by atoms with Crippen molar-refractivity contribution in [2.24, 2.45) is 5.41 Å². The number of amides is 2. The number of hydrogen-bond donors (Lipinski definition) is 3. The number of hydrogen-bond acceptors (Lipinski definition) is 3. The summed E-state index contributed by atoms with van der Waals surface area (Å²) >= 11 is 0. The van der Waals surface area contributed by atoms with E-state index in [1.54, 1.807) is 0 Å². The third kappa shape index (κ3) is 4.03. The minimum atomic E-state index is -4.69. The number of aliphatic carboxylic acids is 1. The van der Waals surface area contributed by atoms with E-state index in [9.17, 15) is 27.6 Å². The van der Waals surface area contributed by atoms with Gasteiger partial charge in [-0.05, 0) is 31.0 Å². The van der Waals surface area contributed by atoms with Crippen LogP contribution in [0.3, 0.4) is 0 Å². The maximum atomic E-state index is 12.9. The predicted octanol–water partition coefficient (Wildman–Crippen LogP) is 2.26. The first-order valence-electron chi connectivity index (χ1n) is 7.05. The number of carbonyl (C=O) groups excluding carboxylic acids is 2. The first kappa shape index (κ1) is 17.8. The summed E-state index contributed by atoms with van der Waals surface area (Å²) in [4.78, 5) is 34.2. The Bertz CT molecular complexity index is 696. The van der Waals surface area contributed by atoms with E-state index in [1.807, 2.05) is 0 Å². The van der Waals surface area contributed by atoms with Gasteiger partial charge in [-0.15, -0.1) is 0 Å². The summed E-state index contributed by atoms with van der Waals surface area (Å²) in [6, 6.07) is 2.48. The standard InChI is InChI=1S/C15H15F3N2O4/c1-8(21)20-11-5-9(4-10(6-11)15(16,17)18)12(22)19-7-14(2-3-14)13(23)24/h4-6H,2-3,7H2,1H3,(H,19,22)(H,20,21)(H,23,24). The molecule has 130 valence electrons. The van der Waals surface area contributed by atoms with Crippen LogP contribution in [-0.2, 0) is 15.8 Å². The van der Waals surface area contributed by atoms with Gasteiger partial charge in [0.25, 0.3) is 5.91 Å².